The van der Waals surface area contributed by atoms with Crippen LogP contribution in [-0.2, 0) is 6.42 Å². The number of carbonyl (C=O) groups is 1. The van der Waals surface area contributed by atoms with E-state index in [-0.39, 0.29) is 22.8 Å². The van der Waals surface area contributed by atoms with Crippen LogP contribution in [0.3, 0.4) is 0 Å². The van der Waals surface area contributed by atoms with Crippen molar-refractivity contribution < 1.29 is 27.8 Å². The predicted molar refractivity (Wildman–Crippen MR) is 129 cm³/mol. The third-order valence-electron chi connectivity index (χ3n) is 6.00. The molecular formula is C27H21F2N3O4. The lowest BCUT2D eigenvalue weighted by Crippen LogP contribution is -2.25. The molecule has 0 saturated carbocycles. The van der Waals surface area contributed by atoms with Gasteiger partial charge in [0.15, 0.2) is 11.5 Å². The number of ether oxygens (including phenoxy) is 3. The first-order valence-electron chi connectivity index (χ1n) is 11.3. The number of nitrogens with one attached hydrogen (secondary N) is 1. The number of anilines is 1. The molecule has 1 N–H and O–H groups in total. The molecular weight excluding hydrogens is 468 g/mol. The van der Waals surface area contributed by atoms with Gasteiger partial charge in [-0.1, -0.05) is 30.3 Å². The van der Waals surface area contributed by atoms with Crippen LogP contribution in [0.5, 0.6) is 17.2 Å². The molecule has 0 bridgehead atoms. The fourth-order valence-electron chi connectivity index (χ4n) is 4.48. The highest BCUT2D eigenvalue weighted by molar-refractivity contribution is 5.93. The quantitative estimate of drug-likeness (QED) is 0.364. The number of benzene rings is 3. The zero-order chi connectivity index (χ0) is 25.1. The summed E-state index contributed by atoms with van der Waals surface area (Å²) >= 11 is 0. The van der Waals surface area contributed by atoms with Crippen molar-refractivity contribution in [3.8, 4) is 39.6 Å². The Balaban J connectivity index is 1.34. The average molecular weight is 489 g/mol. The second kappa shape index (κ2) is 7.81. The van der Waals surface area contributed by atoms with Gasteiger partial charge in [-0.25, -0.2) is 4.79 Å². The van der Waals surface area contributed by atoms with Gasteiger partial charge in [-0.15, -0.1) is 8.78 Å². The summed E-state index contributed by atoms with van der Waals surface area (Å²) in [5.41, 5.74) is 4.21. The van der Waals surface area contributed by atoms with Crippen LogP contribution >= 0.6 is 0 Å². The molecule has 1 amide bonds. The predicted octanol–water partition coefficient (Wildman–Crippen LogP) is 6.33. The number of aromatic nitrogens is 2. The van der Waals surface area contributed by atoms with Crippen molar-refractivity contribution in [3.05, 3.63) is 78.5 Å². The van der Waals surface area contributed by atoms with E-state index >= 15 is 0 Å². The summed E-state index contributed by atoms with van der Waals surface area (Å²) in [5.74, 6) is 0.581. The maximum atomic E-state index is 13.3. The Morgan fingerprint density at radius 3 is 2.47 bits per heavy atom. The Kier molecular flexibility index (Phi) is 4.79. The Morgan fingerprint density at radius 1 is 0.917 bits per heavy atom. The van der Waals surface area contributed by atoms with Gasteiger partial charge in [-0.2, -0.15) is 9.78 Å². The van der Waals surface area contributed by atoms with E-state index in [1.807, 2.05) is 62.4 Å². The van der Waals surface area contributed by atoms with Crippen LogP contribution < -0.4 is 19.5 Å². The molecule has 0 radical (unpaired) electrons. The van der Waals surface area contributed by atoms with E-state index in [1.165, 1.54) is 22.9 Å². The fraction of sp³-hybridized carbons (Fsp3) is 0.185. The number of nitrogens with zero attached hydrogens (tertiary/aromatic N) is 2. The van der Waals surface area contributed by atoms with Crippen LogP contribution in [0.15, 0.2) is 72.9 Å². The van der Waals surface area contributed by atoms with Crippen LogP contribution in [0, 0.1) is 0 Å². The first-order chi connectivity index (χ1) is 17.2. The van der Waals surface area contributed by atoms with E-state index in [4.69, 9.17) is 4.74 Å². The monoisotopic (exact) mass is 489 g/mol. The Labute approximate surface area is 205 Å². The molecule has 0 fully saturated rings. The average Bonchev–Trinajstić information content (AvgIpc) is 3.49. The van der Waals surface area contributed by atoms with Gasteiger partial charge in [0.2, 0.25) is 0 Å². The van der Waals surface area contributed by atoms with Gasteiger partial charge >= 0.3 is 12.3 Å². The normalized spacial score (nSPS) is 16.3. The standard InChI is InChI=1S/C27H21F2N3O4/c1-26(2)14-18-12-17(8-10-21(18)34-26)24-20(16-6-4-3-5-7-16)15-32(31-24)25(33)30-19-9-11-22-23(13-19)36-27(28,29)35-22/h3-13,15H,14H2,1-2H3,(H,30,33). The van der Waals surface area contributed by atoms with Crippen LogP contribution in [0.2, 0.25) is 0 Å². The molecule has 4 aromatic rings. The summed E-state index contributed by atoms with van der Waals surface area (Å²) in [4.78, 5) is 13.1. The van der Waals surface area contributed by atoms with Crippen molar-refractivity contribution in [3.63, 3.8) is 0 Å². The molecule has 0 unspecified atom stereocenters. The highest BCUT2D eigenvalue weighted by atomic mass is 19.3. The largest absolute Gasteiger partial charge is 0.586 e. The minimum absolute atomic E-state index is 0.102. The van der Waals surface area contributed by atoms with Gasteiger partial charge < -0.3 is 19.5 Å². The van der Waals surface area contributed by atoms with Gasteiger partial charge in [-0.05, 0) is 55.3 Å². The molecule has 3 aromatic carbocycles. The number of halogens is 2. The summed E-state index contributed by atoms with van der Waals surface area (Å²) < 4.78 is 42.8. The summed E-state index contributed by atoms with van der Waals surface area (Å²) in [7, 11) is 0. The molecule has 0 aliphatic carbocycles. The maximum absolute atomic E-state index is 13.3. The van der Waals surface area contributed by atoms with Crippen molar-refractivity contribution in [1.29, 1.82) is 0 Å². The number of carbonyl (C=O) groups excluding carboxylic acids is 1. The summed E-state index contributed by atoms with van der Waals surface area (Å²) in [6, 6.07) is 19.0. The SMILES string of the molecule is CC1(C)Cc2cc(-c3nn(C(=O)Nc4ccc5c(c4)OC(F)(F)O5)cc3-c3ccccc3)ccc2O1. The zero-order valence-corrected chi connectivity index (χ0v) is 19.4. The minimum Gasteiger partial charge on any atom is -0.487 e. The number of amides is 1. The molecule has 3 heterocycles. The second-order valence-electron chi connectivity index (χ2n) is 9.32. The van der Waals surface area contributed by atoms with Gasteiger partial charge in [-0.3, -0.25) is 0 Å². The van der Waals surface area contributed by atoms with Gasteiger partial charge in [0.25, 0.3) is 0 Å². The highest BCUT2D eigenvalue weighted by Gasteiger charge is 2.43. The molecule has 2 aliphatic rings. The van der Waals surface area contributed by atoms with Crippen molar-refractivity contribution in [2.24, 2.45) is 0 Å². The zero-order valence-electron chi connectivity index (χ0n) is 19.4. The van der Waals surface area contributed by atoms with Crippen LogP contribution in [-0.4, -0.2) is 27.7 Å². The Morgan fingerprint density at radius 2 is 1.67 bits per heavy atom. The lowest BCUT2D eigenvalue weighted by molar-refractivity contribution is -0.286. The molecule has 1 aromatic heterocycles. The van der Waals surface area contributed by atoms with Crippen LogP contribution in [0.4, 0.5) is 19.3 Å². The first kappa shape index (κ1) is 22.1. The molecule has 0 spiro atoms. The third-order valence-corrected chi connectivity index (χ3v) is 6.00. The summed E-state index contributed by atoms with van der Waals surface area (Å²) in [6.45, 7) is 4.08. The van der Waals surface area contributed by atoms with E-state index < -0.39 is 12.3 Å². The van der Waals surface area contributed by atoms with E-state index in [9.17, 15) is 13.6 Å². The lowest BCUT2D eigenvalue weighted by Gasteiger charge is -2.16. The molecule has 0 saturated heterocycles. The van der Waals surface area contributed by atoms with Crippen molar-refractivity contribution >= 4 is 11.7 Å². The highest BCUT2D eigenvalue weighted by Crippen LogP contribution is 2.42. The number of hydrogen-bond donors (Lipinski definition) is 1. The van der Waals surface area contributed by atoms with Crippen molar-refractivity contribution in [1.82, 2.24) is 9.78 Å². The Bertz CT molecular complexity index is 1500. The molecule has 36 heavy (non-hydrogen) atoms. The molecule has 7 nitrogen and oxygen atoms in total. The lowest BCUT2D eigenvalue weighted by atomic mass is 9.97. The van der Waals surface area contributed by atoms with Crippen molar-refractivity contribution in [2.75, 3.05) is 5.32 Å². The topological polar surface area (TPSA) is 74.6 Å². The Hall–Kier alpha value is -4.40. The first-order valence-corrected chi connectivity index (χ1v) is 11.3. The molecule has 182 valence electrons. The summed E-state index contributed by atoms with van der Waals surface area (Å²) in [6.07, 6.45) is -1.32. The van der Waals surface area contributed by atoms with E-state index in [0.29, 0.717) is 5.69 Å². The van der Waals surface area contributed by atoms with E-state index in [2.05, 4.69) is 19.9 Å². The smallest absolute Gasteiger partial charge is 0.487 e. The number of rotatable bonds is 3. The van der Waals surface area contributed by atoms with Gasteiger partial charge in [0.1, 0.15) is 17.0 Å². The molecule has 0 atom stereocenters. The van der Waals surface area contributed by atoms with Crippen molar-refractivity contribution in [2.45, 2.75) is 32.2 Å². The summed E-state index contributed by atoms with van der Waals surface area (Å²) in [5, 5.41) is 7.27. The number of fused-ring (bicyclic) bond motifs is 2. The minimum atomic E-state index is -3.73. The fourth-order valence-corrected chi connectivity index (χ4v) is 4.48. The van der Waals surface area contributed by atoms with Crippen LogP contribution in [0.1, 0.15) is 19.4 Å². The maximum Gasteiger partial charge on any atom is 0.586 e. The third kappa shape index (κ3) is 4.02. The number of hydrogen-bond acceptors (Lipinski definition) is 5. The molecule has 6 rings (SSSR count). The molecule has 2 aliphatic heterocycles. The molecule has 9 heteroatoms. The number of alkyl halides is 2. The van der Waals surface area contributed by atoms with Gasteiger partial charge in [0.05, 0.1) is 0 Å². The second-order valence-corrected chi connectivity index (χ2v) is 9.32. The van der Waals surface area contributed by atoms with Crippen LogP contribution in [0.25, 0.3) is 22.4 Å². The van der Waals surface area contributed by atoms with Gasteiger partial charge in [0, 0.05) is 35.5 Å². The van der Waals surface area contributed by atoms with E-state index in [1.54, 1.807) is 6.20 Å². The van der Waals surface area contributed by atoms with E-state index in [0.717, 1.165) is 34.4 Å².